The standard InChI is InChI=1S/C16H15NO8/c1-9-4-13(17-25-9)23-8-14(18)24-12-6-10(15(19)21-2)5-11(7-12)16(20)22-3/h4-7H,8H2,1-3H3. The Kier molecular flexibility index (Phi) is 5.72. The van der Waals surface area contributed by atoms with E-state index in [1.165, 1.54) is 38.5 Å². The van der Waals surface area contributed by atoms with Crippen molar-refractivity contribution in [2.24, 2.45) is 0 Å². The highest BCUT2D eigenvalue weighted by atomic mass is 16.6. The average Bonchev–Trinajstić information content (AvgIpc) is 3.03. The summed E-state index contributed by atoms with van der Waals surface area (Å²) >= 11 is 0. The maximum absolute atomic E-state index is 11.9. The van der Waals surface area contributed by atoms with Crippen LogP contribution in [0.1, 0.15) is 26.5 Å². The topological polar surface area (TPSA) is 114 Å². The van der Waals surface area contributed by atoms with Crippen LogP contribution in [0.15, 0.2) is 28.8 Å². The summed E-state index contributed by atoms with van der Waals surface area (Å²) < 4.78 is 24.2. The summed E-state index contributed by atoms with van der Waals surface area (Å²) in [7, 11) is 2.37. The van der Waals surface area contributed by atoms with Crippen molar-refractivity contribution < 1.29 is 37.9 Å². The number of hydrogen-bond donors (Lipinski definition) is 0. The van der Waals surface area contributed by atoms with Crippen LogP contribution < -0.4 is 9.47 Å². The minimum atomic E-state index is -0.765. The molecule has 0 fully saturated rings. The van der Waals surface area contributed by atoms with Crippen molar-refractivity contribution in [2.75, 3.05) is 20.8 Å². The predicted octanol–water partition coefficient (Wildman–Crippen LogP) is 1.54. The number of esters is 3. The molecule has 2 rings (SSSR count). The number of methoxy groups -OCH3 is 2. The molecule has 0 aliphatic rings. The van der Waals surface area contributed by atoms with E-state index in [-0.39, 0.29) is 22.8 Å². The molecule has 0 atom stereocenters. The minimum absolute atomic E-state index is 0.0289. The molecular formula is C16H15NO8. The number of ether oxygens (including phenoxy) is 4. The fourth-order valence-electron chi connectivity index (χ4n) is 1.83. The highest BCUT2D eigenvalue weighted by Crippen LogP contribution is 2.19. The fraction of sp³-hybridized carbons (Fsp3) is 0.250. The summed E-state index contributed by atoms with van der Waals surface area (Å²) in [5.74, 6) is -1.54. The van der Waals surface area contributed by atoms with Gasteiger partial charge in [0.1, 0.15) is 11.5 Å². The van der Waals surface area contributed by atoms with Gasteiger partial charge in [-0.15, -0.1) is 0 Å². The molecule has 0 saturated carbocycles. The first-order valence-corrected chi connectivity index (χ1v) is 7.01. The molecule has 0 aliphatic carbocycles. The van der Waals surface area contributed by atoms with Gasteiger partial charge in [0, 0.05) is 6.07 Å². The number of carbonyl (C=O) groups is 3. The first kappa shape index (κ1) is 18.0. The normalized spacial score (nSPS) is 10.0. The van der Waals surface area contributed by atoms with Gasteiger partial charge in [-0.3, -0.25) is 0 Å². The summed E-state index contributed by atoms with van der Waals surface area (Å²) in [6, 6.07) is 5.29. The molecule has 0 spiro atoms. The number of carbonyl (C=O) groups excluding carboxylic acids is 3. The van der Waals surface area contributed by atoms with Gasteiger partial charge in [0.2, 0.25) is 0 Å². The van der Waals surface area contributed by atoms with Gasteiger partial charge in [0.15, 0.2) is 6.61 Å². The molecule has 132 valence electrons. The molecule has 0 N–H and O–H groups in total. The van der Waals surface area contributed by atoms with Crippen molar-refractivity contribution in [1.29, 1.82) is 0 Å². The third-order valence-corrected chi connectivity index (χ3v) is 2.92. The largest absolute Gasteiger partial charge is 0.465 e. The Morgan fingerprint density at radius 1 is 1.00 bits per heavy atom. The van der Waals surface area contributed by atoms with Gasteiger partial charge in [0.05, 0.1) is 25.3 Å². The van der Waals surface area contributed by atoms with Crippen LogP contribution in [0.4, 0.5) is 0 Å². The van der Waals surface area contributed by atoms with Crippen molar-refractivity contribution in [2.45, 2.75) is 6.92 Å². The van der Waals surface area contributed by atoms with Crippen LogP contribution in [0.3, 0.4) is 0 Å². The lowest BCUT2D eigenvalue weighted by molar-refractivity contribution is -0.136. The molecule has 1 aromatic heterocycles. The zero-order valence-corrected chi connectivity index (χ0v) is 13.7. The zero-order valence-electron chi connectivity index (χ0n) is 13.7. The van der Waals surface area contributed by atoms with Crippen molar-refractivity contribution in [3.63, 3.8) is 0 Å². The number of aryl methyl sites for hydroxylation is 1. The second-order valence-corrected chi connectivity index (χ2v) is 4.77. The highest BCUT2D eigenvalue weighted by molar-refractivity contribution is 5.96. The van der Waals surface area contributed by atoms with Gasteiger partial charge in [-0.1, -0.05) is 0 Å². The molecule has 0 amide bonds. The molecule has 0 bridgehead atoms. The van der Waals surface area contributed by atoms with Crippen molar-refractivity contribution in [1.82, 2.24) is 5.16 Å². The van der Waals surface area contributed by atoms with E-state index in [1.807, 2.05) is 0 Å². The van der Waals surface area contributed by atoms with Crippen LogP contribution >= 0.6 is 0 Å². The molecule has 0 saturated heterocycles. The Balaban J connectivity index is 2.12. The molecule has 1 aromatic carbocycles. The quantitative estimate of drug-likeness (QED) is 0.565. The summed E-state index contributed by atoms with van der Waals surface area (Å²) in [4.78, 5) is 35.2. The van der Waals surface area contributed by atoms with Gasteiger partial charge in [-0.05, 0) is 30.3 Å². The Morgan fingerprint density at radius 2 is 1.60 bits per heavy atom. The van der Waals surface area contributed by atoms with E-state index in [1.54, 1.807) is 6.92 Å². The maximum Gasteiger partial charge on any atom is 0.349 e. The van der Waals surface area contributed by atoms with Gasteiger partial charge in [0.25, 0.3) is 5.88 Å². The number of benzene rings is 1. The number of rotatable bonds is 6. The van der Waals surface area contributed by atoms with Gasteiger partial charge in [-0.25, -0.2) is 14.4 Å². The van der Waals surface area contributed by atoms with Crippen molar-refractivity contribution in [3.8, 4) is 11.6 Å². The number of aromatic nitrogens is 1. The third kappa shape index (κ3) is 4.80. The molecule has 0 aliphatic heterocycles. The zero-order chi connectivity index (χ0) is 18.4. The molecule has 9 heteroatoms. The molecular weight excluding hydrogens is 334 g/mol. The van der Waals surface area contributed by atoms with E-state index in [0.29, 0.717) is 5.76 Å². The van der Waals surface area contributed by atoms with Crippen LogP contribution in [-0.2, 0) is 14.3 Å². The fourth-order valence-corrected chi connectivity index (χ4v) is 1.83. The first-order chi connectivity index (χ1) is 11.9. The molecule has 25 heavy (non-hydrogen) atoms. The molecule has 0 radical (unpaired) electrons. The molecule has 2 aromatic rings. The maximum atomic E-state index is 11.9. The van der Waals surface area contributed by atoms with Crippen LogP contribution in [0.25, 0.3) is 0 Å². The van der Waals surface area contributed by atoms with Crippen molar-refractivity contribution >= 4 is 17.9 Å². The van der Waals surface area contributed by atoms with Gasteiger partial charge in [-0.2, -0.15) is 0 Å². The third-order valence-electron chi connectivity index (χ3n) is 2.92. The van der Waals surface area contributed by atoms with E-state index in [4.69, 9.17) is 14.0 Å². The van der Waals surface area contributed by atoms with Crippen LogP contribution in [-0.4, -0.2) is 43.9 Å². The first-order valence-electron chi connectivity index (χ1n) is 7.01. The molecule has 1 heterocycles. The molecule has 0 unspecified atom stereocenters. The van der Waals surface area contributed by atoms with Gasteiger partial charge >= 0.3 is 17.9 Å². The van der Waals surface area contributed by atoms with E-state index in [9.17, 15) is 14.4 Å². The van der Waals surface area contributed by atoms with Crippen molar-refractivity contribution in [3.05, 3.63) is 41.2 Å². The van der Waals surface area contributed by atoms with Gasteiger partial charge < -0.3 is 23.5 Å². The summed E-state index contributed by atoms with van der Waals surface area (Å²) in [6.45, 7) is 1.23. The number of hydrogen-bond acceptors (Lipinski definition) is 9. The van der Waals surface area contributed by atoms with E-state index in [0.717, 1.165) is 0 Å². The lowest BCUT2D eigenvalue weighted by Gasteiger charge is -2.08. The van der Waals surface area contributed by atoms with Crippen LogP contribution in [0, 0.1) is 6.92 Å². The molecule has 9 nitrogen and oxygen atoms in total. The van der Waals surface area contributed by atoms with Crippen LogP contribution in [0.2, 0.25) is 0 Å². The van der Waals surface area contributed by atoms with Crippen LogP contribution in [0.5, 0.6) is 11.6 Å². The Bertz CT molecular complexity index is 761. The SMILES string of the molecule is COC(=O)c1cc(OC(=O)COc2cc(C)on2)cc(C(=O)OC)c1. The smallest absolute Gasteiger partial charge is 0.349 e. The second-order valence-electron chi connectivity index (χ2n) is 4.77. The predicted molar refractivity (Wildman–Crippen MR) is 81.5 cm³/mol. The van der Waals surface area contributed by atoms with E-state index < -0.39 is 24.5 Å². The monoisotopic (exact) mass is 349 g/mol. The Hall–Kier alpha value is -3.36. The van der Waals surface area contributed by atoms with E-state index >= 15 is 0 Å². The average molecular weight is 349 g/mol. The lowest BCUT2D eigenvalue weighted by atomic mass is 10.1. The Morgan fingerprint density at radius 3 is 2.08 bits per heavy atom. The number of nitrogens with zero attached hydrogens (tertiary/aromatic N) is 1. The highest BCUT2D eigenvalue weighted by Gasteiger charge is 2.16. The van der Waals surface area contributed by atoms with E-state index in [2.05, 4.69) is 14.6 Å². The summed E-state index contributed by atoms with van der Waals surface area (Å²) in [6.07, 6.45) is 0. The minimum Gasteiger partial charge on any atom is -0.465 e. The summed E-state index contributed by atoms with van der Waals surface area (Å²) in [5, 5.41) is 3.56. The Labute approximate surface area is 142 Å². The summed E-state index contributed by atoms with van der Waals surface area (Å²) in [5.41, 5.74) is 0.0579. The lowest BCUT2D eigenvalue weighted by Crippen LogP contribution is -2.18. The second kappa shape index (κ2) is 7.95.